The molecule has 2 rings (SSSR count). The number of hydrogen-bond donors (Lipinski definition) is 2. The van der Waals surface area contributed by atoms with E-state index in [0.29, 0.717) is 5.75 Å². The Balaban J connectivity index is 2.61. The molecule has 0 fully saturated rings. The zero-order valence-corrected chi connectivity index (χ0v) is 13.9. The first-order valence-corrected chi connectivity index (χ1v) is 6.98. The number of ether oxygens (including phenoxy) is 4. The number of benzene rings is 2. The lowest BCUT2D eigenvalue weighted by Gasteiger charge is -2.16. The average Bonchev–Trinajstić information content (AvgIpc) is 2.60. The molecule has 7 heteroatoms. The molecule has 0 heterocycles. The van der Waals surface area contributed by atoms with E-state index in [1.54, 1.807) is 6.07 Å². The van der Waals surface area contributed by atoms with Crippen molar-refractivity contribution < 1.29 is 28.8 Å². The number of anilines is 1. The van der Waals surface area contributed by atoms with Crippen LogP contribution in [0.2, 0.25) is 0 Å². The van der Waals surface area contributed by atoms with Gasteiger partial charge in [-0.3, -0.25) is 4.79 Å². The fraction of sp³-hybridized carbons (Fsp3) is 0.235. The van der Waals surface area contributed by atoms with Crippen molar-refractivity contribution in [2.24, 2.45) is 0 Å². The second kappa shape index (κ2) is 6.99. The molecule has 0 amide bonds. The van der Waals surface area contributed by atoms with Crippen molar-refractivity contribution in [2.45, 2.75) is 0 Å². The Bertz CT molecular complexity index is 772. The van der Waals surface area contributed by atoms with Crippen LogP contribution in [-0.2, 0) is 0 Å². The van der Waals surface area contributed by atoms with Crippen LogP contribution in [0.4, 0.5) is 5.69 Å². The number of nitrogens with two attached hydrogens (primary N) is 1. The SMILES string of the molecule is COc1ccc(C(=O)c2cc(OC)c(OC)c(OC)c2O)c(N)c1. The minimum absolute atomic E-state index is 0.00674. The minimum Gasteiger partial charge on any atom is -0.504 e. The maximum atomic E-state index is 12.8. The van der Waals surface area contributed by atoms with Crippen molar-refractivity contribution in [3.63, 3.8) is 0 Å². The Hall–Kier alpha value is -3.09. The number of phenolic OH excluding ortho intramolecular Hbond substituents is 1. The Morgan fingerprint density at radius 3 is 2.08 bits per heavy atom. The summed E-state index contributed by atoms with van der Waals surface area (Å²) in [6.07, 6.45) is 0. The topological polar surface area (TPSA) is 100 Å². The third-order valence-electron chi connectivity index (χ3n) is 3.55. The van der Waals surface area contributed by atoms with Crippen molar-refractivity contribution in [3.8, 4) is 28.7 Å². The van der Waals surface area contributed by atoms with E-state index in [9.17, 15) is 9.90 Å². The van der Waals surface area contributed by atoms with E-state index in [-0.39, 0.29) is 39.8 Å². The molecule has 24 heavy (non-hydrogen) atoms. The highest BCUT2D eigenvalue weighted by molar-refractivity contribution is 6.14. The first-order chi connectivity index (χ1) is 11.5. The van der Waals surface area contributed by atoms with Gasteiger partial charge in [-0.25, -0.2) is 0 Å². The molecule has 2 aromatic carbocycles. The van der Waals surface area contributed by atoms with Crippen LogP contribution in [0, 0.1) is 0 Å². The van der Waals surface area contributed by atoms with Gasteiger partial charge in [0.15, 0.2) is 17.3 Å². The van der Waals surface area contributed by atoms with Crippen LogP contribution >= 0.6 is 0 Å². The van der Waals surface area contributed by atoms with Gasteiger partial charge in [0.1, 0.15) is 5.75 Å². The van der Waals surface area contributed by atoms with E-state index in [0.717, 1.165) is 0 Å². The number of ketones is 1. The Morgan fingerprint density at radius 1 is 0.917 bits per heavy atom. The number of methoxy groups -OCH3 is 4. The molecule has 0 spiro atoms. The molecule has 3 N–H and O–H groups in total. The van der Waals surface area contributed by atoms with Gasteiger partial charge in [-0.05, 0) is 18.2 Å². The van der Waals surface area contributed by atoms with Crippen LogP contribution in [0.1, 0.15) is 15.9 Å². The summed E-state index contributed by atoms with van der Waals surface area (Å²) < 4.78 is 20.6. The van der Waals surface area contributed by atoms with E-state index in [4.69, 9.17) is 24.7 Å². The molecule has 0 aliphatic heterocycles. The first-order valence-electron chi connectivity index (χ1n) is 6.98. The van der Waals surface area contributed by atoms with Gasteiger partial charge in [0, 0.05) is 17.3 Å². The van der Waals surface area contributed by atoms with Crippen molar-refractivity contribution >= 4 is 11.5 Å². The predicted octanol–water partition coefficient (Wildman–Crippen LogP) is 2.24. The van der Waals surface area contributed by atoms with Crippen molar-refractivity contribution in [1.29, 1.82) is 0 Å². The van der Waals surface area contributed by atoms with E-state index in [1.807, 2.05) is 0 Å². The highest BCUT2D eigenvalue weighted by atomic mass is 16.5. The number of aromatic hydroxyl groups is 1. The zero-order valence-electron chi connectivity index (χ0n) is 13.9. The van der Waals surface area contributed by atoms with Gasteiger partial charge in [-0.15, -0.1) is 0 Å². The lowest BCUT2D eigenvalue weighted by Crippen LogP contribution is -2.08. The number of carbonyl (C=O) groups is 1. The number of carbonyl (C=O) groups excluding carboxylic acids is 1. The molecule has 0 atom stereocenters. The van der Waals surface area contributed by atoms with Gasteiger partial charge >= 0.3 is 0 Å². The third-order valence-corrected chi connectivity index (χ3v) is 3.55. The summed E-state index contributed by atoms with van der Waals surface area (Å²) >= 11 is 0. The summed E-state index contributed by atoms with van der Waals surface area (Å²) in [7, 11) is 5.68. The van der Waals surface area contributed by atoms with Gasteiger partial charge < -0.3 is 29.8 Å². The summed E-state index contributed by atoms with van der Waals surface area (Å²) in [4.78, 5) is 12.8. The van der Waals surface area contributed by atoms with Crippen LogP contribution in [0.15, 0.2) is 24.3 Å². The summed E-state index contributed by atoms with van der Waals surface area (Å²) in [5.74, 6) is 0.145. The molecule has 0 unspecified atom stereocenters. The summed E-state index contributed by atoms with van der Waals surface area (Å²) in [5, 5.41) is 10.4. The molecule has 0 aromatic heterocycles. The maximum absolute atomic E-state index is 12.8. The van der Waals surface area contributed by atoms with Gasteiger partial charge in [-0.2, -0.15) is 0 Å². The Kier molecular flexibility index (Phi) is 5.03. The third kappa shape index (κ3) is 2.88. The lowest BCUT2D eigenvalue weighted by atomic mass is 9.99. The molecule has 0 aliphatic rings. The molecule has 0 bridgehead atoms. The van der Waals surface area contributed by atoms with E-state index in [2.05, 4.69) is 0 Å². The average molecular weight is 333 g/mol. The van der Waals surface area contributed by atoms with Crippen LogP contribution in [0.25, 0.3) is 0 Å². The minimum atomic E-state index is -0.480. The quantitative estimate of drug-likeness (QED) is 0.617. The van der Waals surface area contributed by atoms with Crippen LogP contribution in [-0.4, -0.2) is 39.3 Å². The Labute approximate surface area is 139 Å². The van der Waals surface area contributed by atoms with Gasteiger partial charge in [0.25, 0.3) is 0 Å². The van der Waals surface area contributed by atoms with Crippen molar-refractivity contribution in [3.05, 3.63) is 35.4 Å². The fourth-order valence-electron chi connectivity index (χ4n) is 2.33. The van der Waals surface area contributed by atoms with Crippen LogP contribution < -0.4 is 24.7 Å². The lowest BCUT2D eigenvalue weighted by molar-refractivity contribution is 0.103. The van der Waals surface area contributed by atoms with E-state index < -0.39 is 5.78 Å². The first kappa shape index (κ1) is 17.3. The monoisotopic (exact) mass is 333 g/mol. The summed E-state index contributed by atoms with van der Waals surface area (Å²) in [6, 6.07) is 6.04. The molecule has 7 nitrogen and oxygen atoms in total. The summed E-state index contributed by atoms with van der Waals surface area (Å²) in [6.45, 7) is 0. The molecule has 0 saturated heterocycles. The predicted molar refractivity (Wildman–Crippen MR) is 88.6 cm³/mol. The molecular weight excluding hydrogens is 314 g/mol. The van der Waals surface area contributed by atoms with Gasteiger partial charge in [-0.1, -0.05) is 0 Å². The standard InChI is InChI=1S/C17H19NO6/c1-21-9-5-6-10(12(18)7-9)14(19)11-8-13(22-2)16(23-3)17(24-4)15(11)20/h5-8,20H,18H2,1-4H3. The van der Waals surface area contributed by atoms with Crippen molar-refractivity contribution in [1.82, 2.24) is 0 Å². The van der Waals surface area contributed by atoms with Crippen LogP contribution in [0.3, 0.4) is 0 Å². The smallest absolute Gasteiger partial charge is 0.207 e. The maximum Gasteiger partial charge on any atom is 0.207 e. The number of rotatable bonds is 6. The van der Waals surface area contributed by atoms with Gasteiger partial charge in [0.05, 0.1) is 34.0 Å². The fourth-order valence-corrected chi connectivity index (χ4v) is 2.33. The molecule has 128 valence electrons. The van der Waals surface area contributed by atoms with Crippen molar-refractivity contribution in [2.75, 3.05) is 34.2 Å². The molecular formula is C17H19NO6. The Morgan fingerprint density at radius 2 is 1.58 bits per heavy atom. The molecule has 0 aliphatic carbocycles. The summed E-state index contributed by atoms with van der Waals surface area (Å²) in [5.41, 5.74) is 6.35. The van der Waals surface area contributed by atoms with E-state index >= 15 is 0 Å². The highest BCUT2D eigenvalue weighted by Crippen LogP contribution is 2.46. The van der Waals surface area contributed by atoms with Crippen LogP contribution in [0.5, 0.6) is 28.7 Å². The largest absolute Gasteiger partial charge is 0.504 e. The second-order valence-corrected chi connectivity index (χ2v) is 4.82. The van der Waals surface area contributed by atoms with E-state index in [1.165, 1.54) is 46.6 Å². The number of phenols is 1. The normalized spacial score (nSPS) is 10.2. The molecule has 0 saturated carbocycles. The highest BCUT2D eigenvalue weighted by Gasteiger charge is 2.25. The molecule has 0 radical (unpaired) electrons. The number of nitrogen functional groups attached to an aromatic ring is 1. The molecule has 2 aromatic rings. The zero-order chi connectivity index (χ0) is 17.9. The number of hydrogen-bond acceptors (Lipinski definition) is 7. The van der Waals surface area contributed by atoms with Gasteiger partial charge in [0.2, 0.25) is 11.5 Å². The second-order valence-electron chi connectivity index (χ2n) is 4.82.